The monoisotopic (exact) mass is 578 g/mol. The summed E-state index contributed by atoms with van der Waals surface area (Å²) in [7, 11) is 0. The normalized spacial score (nSPS) is 18.8. The molecule has 2 N–H and O–H groups in total. The lowest BCUT2D eigenvalue weighted by atomic mass is 9.68. The molecule has 0 spiro atoms. The molecule has 0 radical (unpaired) electrons. The van der Waals surface area contributed by atoms with Crippen LogP contribution in [0.5, 0.6) is 0 Å². The average molecular weight is 579 g/mol. The van der Waals surface area contributed by atoms with E-state index >= 15 is 0 Å². The van der Waals surface area contributed by atoms with Crippen molar-refractivity contribution in [3.8, 4) is 47.4 Å². The maximum absolute atomic E-state index is 12.4. The zero-order chi connectivity index (χ0) is 31.3. The molecule has 2 atom stereocenters. The summed E-state index contributed by atoms with van der Waals surface area (Å²) in [5.74, 6) is 25.5. The van der Waals surface area contributed by atoms with Crippen molar-refractivity contribution in [2.24, 2.45) is 5.41 Å². The number of rotatable bonds is 0. The molecule has 0 saturated carbocycles. The van der Waals surface area contributed by atoms with Gasteiger partial charge in [0.1, 0.15) is 0 Å². The molecule has 0 fully saturated rings. The molecule has 214 valence electrons. The molecular weight excluding hydrogens is 548 g/mol. The zero-order valence-electron chi connectivity index (χ0n) is 25.1. The van der Waals surface area contributed by atoms with Crippen LogP contribution >= 0.6 is 0 Å². The highest BCUT2D eigenvalue weighted by Gasteiger charge is 2.64. The van der Waals surface area contributed by atoms with Crippen molar-refractivity contribution >= 4 is 0 Å². The minimum atomic E-state index is -1.71. The van der Waals surface area contributed by atoms with Crippen LogP contribution in [-0.4, -0.2) is 10.2 Å². The highest BCUT2D eigenvalue weighted by Crippen LogP contribution is 2.59. The first kappa shape index (κ1) is 29.3. The van der Waals surface area contributed by atoms with Crippen molar-refractivity contribution in [3.63, 3.8) is 0 Å². The fourth-order valence-corrected chi connectivity index (χ4v) is 5.54. The molecule has 0 aliphatic heterocycles. The first-order valence-electron chi connectivity index (χ1n) is 14.8. The second-order valence-corrected chi connectivity index (χ2v) is 11.4. The Morgan fingerprint density at radius 2 is 0.689 bits per heavy atom. The largest absolute Gasteiger partial charge is 0.373 e. The lowest BCUT2D eigenvalue weighted by molar-refractivity contribution is -0.109. The molecule has 5 aromatic carbocycles. The van der Waals surface area contributed by atoms with Crippen LogP contribution in [0.3, 0.4) is 0 Å². The fourth-order valence-electron chi connectivity index (χ4n) is 5.54. The molecule has 2 unspecified atom stereocenters. The second-order valence-electron chi connectivity index (χ2n) is 11.4. The van der Waals surface area contributed by atoms with E-state index in [4.69, 9.17) is 0 Å². The van der Waals surface area contributed by atoms with E-state index in [0.29, 0.717) is 22.3 Å². The smallest absolute Gasteiger partial charge is 0.160 e. The zero-order valence-corrected chi connectivity index (χ0v) is 25.1. The summed E-state index contributed by atoms with van der Waals surface area (Å²) >= 11 is 0. The molecule has 6 rings (SSSR count). The maximum atomic E-state index is 12.4. The van der Waals surface area contributed by atoms with E-state index in [2.05, 4.69) is 47.4 Å². The Hall–Kier alpha value is -5.74. The number of benzene rings is 5. The van der Waals surface area contributed by atoms with Gasteiger partial charge in [0, 0.05) is 44.5 Å². The van der Waals surface area contributed by atoms with E-state index in [-0.39, 0.29) is 0 Å². The third kappa shape index (κ3) is 5.54. The van der Waals surface area contributed by atoms with E-state index in [1.807, 2.05) is 133 Å². The predicted octanol–water partition coefficient (Wildman–Crippen LogP) is 7.00. The molecule has 0 saturated heterocycles. The number of aliphatic hydroxyl groups is 2. The topological polar surface area (TPSA) is 40.5 Å². The third-order valence-electron chi connectivity index (χ3n) is 8.36. The summed E-state index contributed by atoms with van der Waals surface area (Å²) < 4.78 is 0. The van der Waals surface area contributed by atoms with Crippen molar-refractivity contribution < 1.29 is 10.2 Å². The van der Waals surface area contributed by atoms with Crippen molar-refractivity contribution in [1.29, 1.82) is 0 Å². The molecule has 0 bridgehead atoms. The fraction of sp³-hybridized carbons (Fsp3) is 0.116. The Balaban J connectivity index is 1.41. The van der Waals surface area contributed by atoms with Crippen molar-refractivity contribution in [1.82, 2.24) is 0 Å². The van der Waals surface area contributed by atoms with E-state index in [1.165, 1.54) is 0 Å². The molecule has 0 heterocycles. The Labute approximate surface area is 265 Å². The van der Waals surface area contributed by atoms with Crippen LogP contribution < -0.4 is 0 Å². The van der Waals surface area contributed by atoms with Gasteiger partial charge in [0.25, 0.3) is 0 Å². The number of hydrogen-bond donors (Lipinski definition) is 2. The highest BCUT2D eigenvalue weighted by atomic mass is 16.3. The predicted molar refractivity (Wildman–Crippen MR) is 180 cm³/mol. The molecule has 5 aromatic rings. The van der Waals surface area contributed by atoms with Gasteiger partial charge in [-0.15, -0.1) is 0 Å². The summed E-state index contributed by atoms with van der Waals surface area (Å²) in [6.07, 6.45) is 0. The molecular formula is C43H30O2. The van der Waals surface area contributed by atoms with Crippen LogP contribution in [0.4, 0.5) is 0 Å². The van der Waals surface area contributed by atoms with Crippen LogP contribution in [0.2, 0.25) is 0 Å². The highest BCUT2D eigenvalue weighted by molar-refractivity contribution is 5.60. The summed E-state index contributed by atoms with van der Waals surface area (Å²) in [5.41, 5.74) is 1.13. The van der Waals surface area contributed by atoms with E-state index in [9.17, 15) is 10.2 Å². The van der Waals surface area contributed by atoms with Crippen LogP contribution in [0.25, 0.3) is 0 Å². The van der Waals surface area contributed by atoms with Gasteiger partial charge >= 0.3 is 0 Å². The Kier molecular flexibility index (Phi) is 7.89. The molecule has 45 heavy (non-hydrogen) atoms. The second kappa shape index (κ2) is 12.1. The third-order valence-corrected chi connectivity index (χ3v) is 8.36. The van der Waals surface area contributed by atoms with E-state index in [0.717, 1.165) is 22.3 Å². The molecule has 0 aromatic heterocycles. The van der Waals surface area contributed by atoms with Gasteiger partial charge in [-0.3, -0.25) is 0 Å². The minimum Gasteiger partial charge on any atom is -0.373 e. The Morgan fingerprint density at radius 1 is 0.378 bits per heavy atom. The van der Waals surface area contributed by atoms with Gasteiger partial charge in [0.2, 0.25) is 0 Å². The lowest BCUT2D eigenvalue weighted by Crippen LogP contribution is -2.47. The molecule has 1 aliphatic rings. The summed E-state index contributed by atoms with van der Waals surface area (Å²) in [4.78, 5) is 0. The van der Waals surface area contributed by atoms with Crippen LogP contribution in [0, 0.1) is 52.8 Å². The summed E-state index contributed by atoms with van der Waals surface area (Å²) in [6.45, 7) is 3.61. The standard InChI is InChI=1S/C43H30O2/c1-41(2)42(44,31-29-37-21-11-9-19-35(37)27-25-33-15-5-3-6-16-33)39-23-13-14-24-40(39)43(41,45)32-30-38-22-12-10-20-36(38)28-26-34-17-7-4-8-18-34/h3-24,44-45H,1-2H3. The van der Waals surface area contributed by atoms with Gasteiger partial charge < -0.3 is 10.2 Å². The Morgan fingerprint density at radius 3 is 1.07 bits per heavy atom. The average Bonchev–Trinajstić information content (AvgIpc) is 3.21. The molecule has 0 amide bonds. The quantitative estimate of drug-likeness (QED) is 0.194. The van der Waals surface area contributed by atoms with E-state index in [1.54, 1.807) is 13.8 Å². The summed E-state index contributed by atoms with van der Waals surface area (Å²) in [6, 6.07) is 42.1. The molecule has 2 heteroatoms. The van der Waals surface area contributed by atoms with Crippen molar-refractivity contribution in [2.75, 3.05) is 0 Å². The SMILES string of the molecule is CC1(C)C(O)(C#Cc2ccccc2C#Cc2ccccc2)c2ccccc2C1(O)C#Cc1ccccc1C#Cc1ccccc1. The van der Waals surface area contributed by atoms with Gasteiger partial charge in [-0.2, -0.15) is 0 Å². The van der Waals surface area contributed by atoms with Gasteiger partial charge in [-0.25, -0.2) is 0 Å². The van der Waals surface area contributed by atoms with Gasteiger partial charge in [0.05, 0.1) is 5.41 Å². The Bertz CT molecular complexity index is 1980. The van der Waals surface area contributed by atoms with Gasteiger partial charge in [-0.1, -0.05) is 146 Å². The number of hydrogen-bond acceptors (Lipinski definition) is 2. The lowest BCUT2D eigenvalue weighted by Gasteiger charge is -2.39. The minimum absolute atomic E-state index is 0.532. The van der Waals surface area contributed by atoms with Crippen LogP contribution in [0.1, 0.15) is 58.4 Å². The first-order chi connectivity index (χ1) is 21.8. The van der Waals surface area contributed by atoms with Crippen LogP contribution in [-0.2, 0) is 11.2 Å². The number of fused-ring (bicyclic) bond motifs is 1. The van der Waals surface area contributed by atoms with Crippen molar-refractivity contribution in [2.45, 2.75) is 25.0 Å². The molecule has 2 nitrogen and oxygen atoms in total. The van der Waals surface area contributed by atoms with Gasteiger partial charge in [0.15, 0.2) is 11.2 Å². The maximum Gasteiger partial charge on any atom is 0.160 e. The van der Waals surface area contributed by atoms with Crippen molar-refractivity contribution in [3.05, 3.63) is 178 Å². The summed E-state index contributed by atoms with van der Waals surface area (Å²) in [5, 5.41) is 24.7. The molecule has 1 aliphatic carbocycles. The van der Waals surface area contributed by atoms with E-state index < -0.39 is 16.6 Å². The van der Waals surface area contributed by atoms with Crippen LogP contribution in [0.15, 0.2) is 133 Å². The first-order valence-corrected chi connectivity index (χ1v) is 14.8. The van der Waals surface area contributed by atoms with Gasteiger partial charge in [-0.05, 0) is 48.5 Å².